The Morgan fingerprint density at radius 3 is 2.57 bits per heavy atom. The van der Waals surface area contributed by atoms with E-state index in [1.807, 2.05) is 6.07 Å². The van der Waals surface area contributed by atoms with Gasteiger partial charge in [-0.15, -0.1) is 0 Å². The quantitative estimate of drug-likeness (QED) is 0.583. The molecule has 23 heavy (non-hydrogen) atoms. The van der Waals surface area contributed by atoms with E-state index in [1.54, 1.807) is 49.6 Å². The monoisotopic (exact) mass is 328 g/mol. The molecule has 2 N–H and O–H groups in total. The highest BCUT2D eigenvalue weighted by molar-refractivity contribution is 6.33. The van der Waals surface area contributed by atoms with E-state index in [0.717, 1.165) is 5.01 Å². The van der Waals surface area contributed by atoms with Gasteiger partial charge in [0.15, 0.2) is 0 Å². The van der Waals surface area contributed by atoms with Crippen molar-refractivity contribution in [1.29, 1.82) is 0 Å². The molecule has 0 amide bonds. The summed E-state index contributed by atoms with van der Waals surface area (Å²) in [5, 5.41) is 1.63. The minimum atomic E-state index is -0.490. The lowest BCUT2D eigenvalue weighted by molar-refractivity contribution is 0.770. The van der Waals surface area contributed by atoms with Gasteiger partial charge in [0.2, 0.25) is 0 Å². The van der Waals surface area contributed by atoms with E-state index in [9.17, 15) is 4.79 Å². The van der Waals surface area contributed by atoms with Crippen molar-refractivity contribution in [2.45, 2.75) is 0 Å². The van der Waals surface area contributed by atoms with Crippen molar-refractivity contribution < 1.29 is 0 Å². The molecule has 8 heteroatoms. The van der Waals surface area contributed by atoms with Crippen LogP contribution in [0.2, 0.25) is 5.02 Å². The Balaban J connectivity index is 2.15. The Bertz CT molecular complexity index is 896. The summed E-state index contributed by atoms with van der Waals surface area (Å²) in [6.07, 6.45) is 1.59. The van der Waals surface area contributed by atoms with Crippen molar-refractivity contribution in [1.82, 2.24) is 19.5 Å². The molecule has 0 saturated carbocycles. The third-order valence-electron chi connectivity index (χ3n) is 3.23. The van der Waals surface area contributed by atoms with Crippen molar-refractivity contribution in [3.05, 3.63) is 64.2 Å². The minimum absolute atomic E-state index is 0.0433. The van der Waals surface area contributed by atoms with Crippen molar-refractivity contribution in [3.63, 3.8) is 0 Å². The molecule has 0 spiro atoms. The van der Waals surface area contributed by atoms with Crippen LogP contribution in [0.3, 0.4) is 0 Å². The molecule has 3 rings (SSSR count). The summed E-state index contributed by atoms with van der Waals surface area (Å²) in [7, 11) is 1.58. The second-order valence-corrected chi connectivity index (χ2v) is 5.13. The topological polar surface area (TPSA) is 89.9 Å². The van der Waals surface area contributed by atoms with Crippen LogP contribution in [-0.4, -0.2) is 19.5 Å². The Labute approximate surface area is 137 Å². The Morgan fingerprint density at radius 1 is 1.13 bits per heavy atom. The Morgan fingerprint density at radius 2 is 1.87 bits per heavy atom. The highest BCUT2D eigenvalue weighted by atomic mass is 35.5. The van der Waals surface area contributed by atoms with E-state index in [0.29, 0.717) is 22.2 Å². The molecular formula is C15H13ClN6O. The number of pyridine rings is 1. The fraction of sp³-hybridized carbons (Fsp3) is 0.0667. The normalized spacial score (nSPS) is 10.6. The number of nitrogens with two attached hydrogens (primary N) is 1. The van der Waals surface area contributed by atoms with Crippen molar-refractivity contribution in [3.8, 4) is 11.4 Å². The molecule has 3 aromatic rings. The Kier molecular flexibility index (Phi) is 4.05. The maximum atomic E-state index is 12.1. The van der Waals surface area contributed by atoms with Gasteiger partial charge in [0.25, 0.3) is 5.95 Å². The highest BCUT2D eigenvalue weighted by Crippen LogP contribution is 2.26. The number of aromatic nitrogens is 4. The third-order valence-corrected chi connectivity index (χ3v) is 3.56. The molecule has 0 bridgehead atoms. The molecular weight excluding hydrogens is 316 g/mol. The predicted molar refractivity (Wildman–Crippen MR) is 88.3 cm³/mol. The van der Waals surface area contributed by atoms with Gasteiger partial charge in [-0.05, 0) is 24.3 Å². The lowest BCUT2D eigenvalue weighted by Crippen LogP contribution is -2.33. The molecule has 0 aliphatic rings. The van der Waals surface area contributed by atoms with Gasteiger partial charge in [0.05, 0.1) is 5.02 Å². The molecule has 2 heterocycles. The van der Waals surface area contributed by atoms with E-state index in [4.69, 9.17) is 17.4 Å². The minimum Gasteiger partial charge on any atom is -0.279 e. The maximum Gasteiger partial charge on any atom is 0.352 e. The molecule has 0 fully saturated rings. The van der Waals surface area contributed by atoms with Gasteiger partial charge in [-0.3, -0.25) is 4.57 Å². The molecule has 0 radical (unpaired) electrons. The number of anilines is 2. The van der Waals surface area contributed by atoms with Crippen LogP contribution in [0.25, 0.3) is 11.4 Å². The molecule has 1 aromatic carbocycles. The predicted octanol–water partition coefficient (Wildman–Crippen LogP) is 1.90. The number of halogens is 1. The van der Waals surface area contributed by atoms with E-state index < -0.39 is 5.69 Å². The highest BCUT2D eigenvalue weighted by Gasteiger charge is 2.16. The van der Waals surface area contributed by atoms with E-state index in [2.05, 4.69) is 15.0 Å². The van der Waals surface area contributed by atoms with Gasteiger partial charge in [-0.25, -0.2) is 20.6 Å². The van der Waals surface area contributed by atoms with Crippen LogP contribution in [-0.2, 0) is 7.05 Å². The van der Waals surface area contributed by atoms with E-state index >= 15 is 0 Å². The second-order valence-electron chi connectivity index (χ2n) is 4.73. The van der Waals surface area contributed by atoms with Gasteiger partial charge < -0.3 is 0 Å². The number of hydrazine groups is 1. The first-order chi connectivity index (χ1) is 11.1. The van der Waals surface area contributed by atoms with E-state index in [-0.39, 0.29) is 5.95 Å². The summed E-state index contributed by atoms with van der Waals surface area (Å²) in [4.78, 5) is 24.5. The van der Waals surface area contributed by atoms with Gasteiger partial charge >= 0.3 is 5.69 Å². The molecule has 0 saturated heterocycles. The van der Waals surface area contributed by atoms with E-state index in [1.165, 1.54) is 4.57 Å². The van der Waals surface area contributed by atoms with Gasteiger partial charge in [-0.1, -0.05) is 29.8 Å². The smallest absolute Gasteiger partial charge is 0.279 e. The van der Waals surface area contributed by atoms with Crippen LogP contribution >= 0.6 is 11.6 Å². The summed E-state index contributed by atoms with van der Waals surface area (Å²) < 4.78 is 1.32. The van der Waals surface area contributed by atoms with Crippen LogP contribution in [0.4, 0.5) is 11.8 Å². The fourth-order valence-electron chi connectivity index (χ4n) is 2.04. The van der Waals surface area contributed by atoms with Crippen LogP contribution in [0.1, 0.15) is 0 Å². The first-order valence-corrected chi connectivity index (χ1v) is 7.11. The van der Waals surface area contributed by atoms with Crippen molar-refractivity contribution >= 4 is 23.4 Å². The van der Waals surface area contributed by atoms with Crippen molar-refractivity contribution in [2.75, 3.05) is 5.01 Å². The number of hydrogen-bond acceptors (Lipinski definition) is 6. The number of hydrogen-bond donors (Lipinski definition) is 1. The van der Waals surface area contributed by atoms with Gasteiger partial charge in [0, 0.05) is 18.8 Å². The maximum absolute atomic E-state index is 12.1. The second kappa shape index (κ2) is 6.15. The number of rotatable bonds is 3. The summed E-state index contributed by atoms with van der Waals surface area (Å²) in [6, 6.07) is 12.3. The molecule has 2 aromatic heterocycles. The Hall–Kier alpha value is -2.77. The van der Waals surface area contributed by atoms with Crippen molar-refractivity contribution in [2.24, 2.45) is 12.9 Å². The average molecular weight is 329 g/mol. The lowest BCUT2D eigenvalue weighted by atomic mass is 10.2. The first-order valence-electron chi connectivity index (χ1n) is 6.74. The third kappa shape index (κ3) is 2.92. The zero-order valence-corrected chi connectivity index (χ0v) is 13.0. The standard InChI is InChI=1S/C15H13ClN6O/c1-21-13(10-6-2-3-7-11(10)16)19-14(20-15(21)23)22(17)12-8-4-5-9-18-12/h2-9H,17H2,1H3. The fourth-order valence-corrected chi connectivity index (χ4v) is 2.26. The van der Waals surface area contributed by atoms with Crippen LogP contribution in [0.15, 0.2) is 53.5 Å². The molecule has 116 valence electrons. The molecule has 7 nitrogen and oxygen atoms in total. The number of benzene rings is 1. The van der Waals surface area contributed by atoms with Crippen LogP contribution in [0, 0.1) is 0 Å². The SMILES string of the molecule is Cn1c(-c2ccccc2Cl)nc(N(N)c2ccccn2)nc1=O. The lowest BCUT2D eigenvalue weighted by Gasteiger charge is -2.17. The summed E-state index contributed by atoms with van der Waals surface area (Å²) in [6.45, 7) is 0. The van der Waals surface area contributed by atoms with Crippen LogP contribution < -0.4 is 16.5 Å². The zero-order valence-electron chi connectivity index (χ0n) is 12.2. The summed E-state index contributed by atoms with van der Waals surface area (Å²) >= 11 is 6.20. The number of nitrogens with zero attached hydrogens (tertiary/aromatic N) is 5. The molecule has 0 unspecified atom stereocenters. The largest absolute Gasteiger partial charge is 0.352 e. The average Bonchev–Trinajstić information content (AvgIpc) is 2.58. The van der Waals surface area contributed by atoms with Gasteiger partial charge in [-0.2, -0.15) is 9.97 Å². The summed E-state index contributed by atoms with van der Waals surface area (Å²) in [5.41, 5.74) is 0.128. The molecule has 0 aliphatic heterocycles. The molecule has 0 aliphatic carbocycles. The summed E-state index contributed by atoms with van der Waals surface area (Å²) in [5.74, 6) is 6.82. The molecule has 0 atom stereocenters. The first kappa shape index (κ1) is 15.1. The van der Waals surface area contributed by atoms with Gasteiger partial charge in [0.1, 0.15) is 11.6 Å². The van der Waals surface area contributed by atoms with Crippen LogP contribution in [0.5, 0.6) is 0 Å². The zero-order chi connectivity index (χ0) is 16.4.